The Balaban J connectivity index is 2.23. The Labute approximate surface area is 106 Å². The van der Waals surface area contributed by atoms with Gasteiger partial charge in [-0.2, -0.15) is 0 Å². The lowest BCUT2D eigenvalue weighted by atomic mass is 10.2. The van der Waals surface area contributed by atoms with E-state index in [1.54, 1.807) is 0 Å². The summed E-state index contributed by atoms with van der Waals surface area (Å²) in [5, 5.41) is 0.715. The van der Waals surface area contributed by atoms with Gasteiger partial charge in [-0.15, -0.1) is 0 Å². The number of hydrogen-bond acceptors (Lipinski definition) is 6. The summed E-state index contributed by atoms with van der Waals surface area (Å²) in [6, 6.07) is 1.82. The summed E-state index contributed by atoms with van der Waals surface area (Å²) in [7, 11) is 0. The average molecular weight is 254 g/mol. The van der Waals surface area contributed by atoms with Gasteiger partial charge in [0.1, 0.15) is 11.6 Å². The summed E-state index contributed by atoms with van der Waals surface area (Å²) in [5.74, 6) is 1.41. The van der Waals surface area contributed by atoms with E-state index < -0.39 is 0 Å². The van der Waals surface area contributed by atoms with Crippen molar-refractivity contribution in [1.82, 2.24) is 9.97 Å². The monoisotopic (exact) mass is 254 g/mol. The van der Waals surface area contributed by atoms with Crippen LogP contribution in [0.15, 0.2) is 11.2 Å². The maximum absolute atomic E-state index is 5.79. The van der Waals surface area contributed by atoms with Gasteiger partial charge >= 0.3 is 0 Å². The van der Waals surface area contributed by atoms with Gasteiger partial charge in [0.25, 0.3) is 0 Å². The second kappa shape index (κ2) is 5.10. The van der Waals surface area contributed by atoms with Gasteiger partial charge in [-0.25, -0.2) is 9.97 Å². The Morgan fingerprint density at radius 3 is 2.59 bits per heavy atom. The van der Waals surface area contributed by atoms with Crippen LogP contribution in [0.1, 0.15) is 13.8 Å². The third-order valence-corrected chi connectivity index (χ3v) is 3.19. The molecule has 1 fully saturated rings. The third-order valence-electron chi connectivity index (χ3n) is 2.64. The van der Waals surface area contributed by atoms with Crippen LogP contribution in [0.3, 0.4) is 0 Å². The van der Waals surface area contributed by atoms with Crippen LogP contribution in [0.2, 0.25) is 0 Å². The topological polar surface area (TPSA) is 64.3 Å². The normalized spacial score (nSPS) is 25.0. The first-order valence-corrected chi connectivity index (χ1v) is 6.90. The van der Waals surface area contributed by atoms with Crippen molar-refractivity contribution >= 4 is 23.4 Å². The van der Waals surface area contributed by atoms with Gasteiger partial charge in [-0.3, -0.25) is 0 Å². The zero-order chi connectivity index (χ0) is 12.4. The van der Waals surface area contributed by atoms with E-state index in [1.165, 1.54) is 11.8 Å². The third kappa shape index (κ3) is 3.01. The van der Waals surface area contributed by atoms with Crippen LogP contribution >= 0.6 is 11.8 Å². The van der Waals surface area contributed by atoms with Crippen molar-refractivity contribution in [2.45, 2.75) is 31.2 Å². The van der Waals surface area contributed by atoms with Crippen molar-refractivity contribution in [3.8, 4) is 0 Å². The van der Waals surface area contributed by atoms with Crippen molar-refractivity contribution in [1.29, 1.82) is 0 Å². The number of aromatic nitrogens is 2. The molecule has 0 aromatic carbocycles. The summed E-state index contributed by atoms with van der Waals surface area (Å²) in [6.07, 6.45) is 2.38. The standard InChI is InChI=1S/C11H18N4OS/c1-7-5-15(6-8(2)16-7)10-4-9(12)13-11(14-10)17-3/h4,7-8H,5-6H2,1-3H3,(H2,12,13,14). The molecule has 1 aromatic heterocycles. The molecule has 0 aliphatic carbocycles. The van der Waals surface area contributed by atoms with Crippen molar-refractivity contribution in [2.24, 2.45) is 0 Å². The van der Waals surface area contributed by atoms with Gasteiger partial charge in [0.2, 0.25) is 0 Å². The maximum Gasteiger partial charge on any atom is 0.191 e. The van der Waals surface area contributed by atoms with Crippen LogP contribution in [0, 0.1) is 0 Å². The molecule has 0 spiro atoms. The zero-order valence-corrected chi connectivity index (χ0v) is 11.2. The number of morpholine rings is 1. The number of hydrogen-bond donors (Lipinski definition) is 1. The molecule has 2 unspecified atom stereocenters. The molecule has 1 aliphatic heterocycles. The number of nitrogens with zero attached hydrogens (tertiary/aromatic N) is 3. The molecule has 1 aliphatic rings. The van der Waals surface area contributed by atoms with Gasteiger partial charge in [0.05, 0.1) is 12.2 Å². The Bertz CT molecular complexity index is 391. The molecular formula is C11H18N4OS. The van der Waals surface area contributed by atoms with Crippen LogP contribution in [-0.4, -0.2) is 41.5 Å². The average Bonchev–Trinajstić information content (AvgIpc) is 2.26. The molecule has 1 aromatic rings. The number of nitrogen functional groups attached to an aromatic ring is 1. The maximum atomic E-state index is 5.79. The summed E-state index contributed by atoms with van der Waals surface area (Å²) in [6.45, 7) is 5.83. The molecular weight excluding hydrogens is 236 g/mol. The van der Waals surface area contributed by atoms with Crippen molar-refractivity contribution in [2.75, 3.05) is 30.0 Å². The van der Waals surface area contributed by atoms with E-state index in [-0.39, 0.29) is 12.2 Å². The molecule has 5 nitrogen and oxygen atoms in total. The van der Waals surface area contributed by atoms with Crippen molar-refractivity contribution < 1.29 is 4.74 Å². The number of thioether (sulfide) groups is 1. The molecule has 0 bridgehead atoms. The molecule has 2 heterocycles. The molecule has 2 rings (SSSR count). The SMILES string of the molecule is CSc1nc(N)cc(N2CC(C)OC(C)C2)n1. The Morgan fingerprint density at radius 2 is 2.00 bits per heavy atom. The minimum atomic E-state index is 0.215. The van der Waals surface area contributed by atoms with Gasteiger partial charge in [-0.1, -0.05) is 11.8 Å². The number of ether oxygens (including phenoxy) is 1. The molecule has 17 heavy (non-hydrogen) atoms. The first kappa shape index (κ1) is 12.4. The van der Waals surface area contributed by atoms with E-state index in [1.807, 2.05) is 12.3 Å². The minimum Gasteiger partial charge on any atom is -0.383 e. The zero-order valence-electron chi connectivity index (χ0n) is 10.4. The fourth-order valence-corrected chi connectivity index (χ4v) is 2.43. The van der Waals surface area contributed by atoms with Crippen LogP contribution in [0.25, 0.3) is 0 Å². The second-order valence-electron chi connectivity index (χ2n) is 4.30. The Morgan fingerprint density at radius 1 is 1.35 bits per heavy atom. The number of nitrogens with two attached hydrogens (primary N) is 1. The van der Waals surface area contributed by atoms with Gasteiger partial charge in [-0.05, 0) is 20.1 Å². The van der Waals surface area contributed by atoms with Gasteiger partial charge in [0.15, 0.2) is 5.16 Å². The molecule has 2 atom stereocenters. The predicted octanol–water partition coefficient (Wildman–Crippen LogP) is 1.39. The van der Waals surface area contributed by atoms with E-state index in [4.69, 9.17) is 10.5 Å². The first-order valence-electron chi connectivity index (χ1n) is 5.67. The van der Waals surface area contributed by atoms with E-state index >= 15 is 0 Å². The molecule has 6 heteroatoms. The lowest BCUT2D eigenvalue weighted by Gasteiger charge is -2.36. The minimum absolute atomic E-state index is 0.215. The van der Waals surface area contributed by atoms with E-state index in [2.05, 4.69) is 28.7 Å². The lowest BCUT2D eigenvalue weighted by molar-refractivity contribution is -0.00549. The molecule has 1 saturated heterocycles. The molecule has 2 N–H and O–H groups in total. The van der Waals surface area contributed by atoms with Crippen molar-refractivity contribution in [3.63, 3.8) is 0 Å². The quantitative estimate of drug-likeness (QED) is 0.635. The predicted molar refractivity (Wildman–Crippen MR) is 70.4 cm³/mol. The summed E-state index contributed by atoms with van der Waals surface area (Å²) >= 11 is 1.50. The number of anilines is 2. The lowest BCUT2D eigenvalue weighted by Crippen LogP contribution is -2.45. The highest BCUT2D eigenvalue weighted by Gasteiger charge is 2.23. The first-order chi connectivity index (χ1) is 8.08. The van der Waals surface area contributed by atoms with Gasteiger partial charge in [0, 0.05) is 19.2 Å². The van der Waals surface area contributed by atoms with Gasteiger partial charge < -0.3 is 15.4 Å². The Hall–Kier alpha value is -1.01. The molecule has 0 saturated carbocycles. The summed E-state index contributed by atoms with van der Waals surface area (Å²) in [4.78, 5) is 10.8. The summed E-state index contributed by atoms with van der Waals surface area (Å²) < 4.78 is 5.70. The fraction of sp³-hybridized carbons (Fsp3) is 0.636. The smallest absolute Gasteiger partial charge is 0.191 e. The van der Waals surface area contributed by atoms with Crippen LogP contribution in [-0.2, 0) is 4.74 Å². The molecule has 94 valence electrons. The largest absolute Gasteiger partial charge is 0.383 e. The highest BCUT2D eigenvalue weighted by atomic mass is 32.2. The molecule has 0 radical (unpaired) electrons. The highest BCUT2D eigenvalue weighted by Crippen LogP contribution is 2.22. The van der Waals surface area contributed by atoms with Crippen LogP contribution < -0.4 is 10.6 Å². The second-order valence-corrected chi connectivity index (χ2v) is 5.07. The van der Waals surface area contributed by atoms with Crippen LogP contribution in [0.5, 0.6) is 0 Å². The fourth-order valence-electron chi connectivity index (χ4n) is 2.05. The van der Waals surface area contributed by atoms with Crippen LogP contribution in [0.4, 0.5) is 11.6 Å². The van der Waals surface area contributed by atoms with E-state index in [0.717, 1.165) is 18.9 Å². The summed E-state index contributed by atoms with van der Waals surface area (Å²) in [5.41, 5.74) is 5.79. The van der Waals surface area contributed by atoms with E-state index in [0.29, 0.717) is 11.0 Å². The highest BCUT2D eigenvalue weighted by molar-refractivity contribution is 7.98. The molecule has 0 amide bonds. The van der Waals surface area contributed by atoms with E-state index in [9.17, 15) is 0 Å². The Kier molecular flexibility index (Phi) is 3.73. The van der Waals surface area contributed by atoms with Crippen molar-refractivity contribution in [3.05, 3.63) is 6.07 Å². The number of rotatable bonds is 2.